The third-order valence-electron chi connectivity index (χ3n) is 5.14. The third-order valence-corrected chi connectivity index (χ3v) is 5.14. The molecule has 1 fully saturated rings. The van der Waals surface area contributed by atoms with Crippen LogP contribution in [0.3, 0.4) is 0 Å². The van der Waals surface area contributed by atoms with Crippen LogP contribution in [0.15, 0.2) is 24.4 Å². The van der Waals surface area contributed by atoms with Crippen LogP contribution in [0.4, 0.5) is 4.79 Å². The van der Waals surface area contributed by atoms with Gasteiger partial charge in [0.15, 0.2) is 0 Å². The van der Waals surface area contributed by atoms with E-state index in [9.17, 15) is 9.59 Å². The molecule has 3 rings (SSSR count). The molecule has 0 bridgehead atoms. The first-order valence-electron chi connectivity index (χ1n) is 9.55. The van der Waals surface area contributed by atoms with Gasteiger partial charge in [0.1, 0.15) is 5.60 Å². The molecule has 1 spiro atoms. The number of ether oxygens (including phenoxy) is 2. The first kappa shape index (κ1) is 19.4. The Labute approximate surface area is 160 Å². The highest BCUT2D eigenvalue weighted by Gasteiger charge is 2.45. The summed E-state index contributed by atoms with van der Waals surface area (Å²) in [6.07, 6.45) is 5.49. The number of likely N-dealkylation sites (tertiary alicyclic amines) is 1. The number of carbonyl (C=O) groups is 2. The molecule has 0 aromatic carbocycles. The molecule has 0 saturated carbocycles. The lowest BCUT2D eigenvalue weighted by Crippen LogP contribution is -2.46. The molecular weight excluding hydrogens is 344 g/mol. The Kier molecular flexibility index (Phi) is 5.27. The van der Waals surface area contributed by atoms with Gasteiger partial charge < -0.3 is 14.4 Å². The molecule has 2 aliphatic rings. The molecule has 0 atom stereocenters. The predicted octanol–water partition coefficient (Wildman–Crippen LogP) is 3.70. The summed E-state index contributed by atoms with van der Waals surface area (Å²) in [6.45, 7) is 9.03. The van der Waals surface area contributed by atoms with Crippen LogP contribution in [0, 0.1) is 0 Å². The molecule has 1 aromatic heterocycles. The summed E-state index contributed by atoms with van der Waals surface area (Å²) >= 11 is 0. The fourth-order valence-corrected chi connectivity index (χ4v) is 3.94. The topological polar surface area (TPSA) is 68.7 Å². The second-order valence-electron chi connectivity index (χ2n) is 8.25. The summed E-state index contributed by atoms with van der Waals surface area (Å²) < 4.78 is 10.6. The molecule has 1 aromatic rings. The maximum Gasteiger partial charge on any atom is 0.410 e. The number of hydrogen-bond donors (Lipinski definition) is 0. The molecule has 1 saturated heterocycles. The van der Waals surface area contributed by atoms with Crippen molar-refractivity contribution in [2.45, 2.75) is 58.0 Å². The van der Waals surface area contributed by atoms with Crippen LogP contribution in [0.5, 0.6) is 0 Å². The molecule has 6 heteroatoms. The third kappa shape index (κ3) is 4.15. The van der Waals surface area contributed by atoms with Crippen LogP contribution in [-0.2, 0) is 19.7 Å². The van der Waals surface area contributed by atoms with Crippen LogP contribution in [0.1, 0.15) is 58.2 Å². The molecule has 1 amide bonds. The fourth-order valence-electron chi connectivity index (χ4n) is 3.94. The van der Waals surface area contributed by atoms with E-state index in [4.69, 9.17) is 9.47 Å². The van der Waals surface area contributed by atoms with Gasteiger partial charge >= 0.3 is 12.1 Å². The molecule has 6 nitrogen and oxygen atoms in total. The normalized spacial score (nSPS) is 19.9. The fraction of sp³-hybridized carbons (Fsp3) is 0.571. The van der Waals surface area contributed by atoms with Gasteiger partial charge in [-0.25, -0.2) is 9.59 Å². The van der Waals surface area contributed by atoms with Crippen LogP contribution in [-0.4, -0.2) is 47.2 Å². The van der Waals surface area contributed by atoms with Crippen molar-refractivity contribution in [1.82, 2.24) is 9.88 Å². The van der Waals surface area contributed by atoms with E-state index in [-0.39, 0.29) is 17.5 Å². The van der Waals surface area contributed by atoms with Crippen molar-refractivity contribution in [3.8, 4) is 0 Å². The second kappa shape index (κ2) is 7.33. The number of piperidine rings is 1. The Morgan fingerprint density at radius 2 is 2.00 bits per heavy atom. The molecule has 1 aliphatic carbocycles. The van der Waals surface area contributed by atoms with Gasteiger partial charge in [-0.15, -0.1) is 0 Å². The SMILES string of the molecule is CCOC(=O)C=C1CC2(CCN(C(=O)OC(C)(C)C)CC2)c2ncccc21. The highest BCUT2D eigenvalue weighted by atomic mass is 16.6. The van der Waals surface area contributed by atoms with E-state index in [0.29, 0.717) is 19.7 Å². The average molecular weight is 372 g/mol. The van der Waals surface area contributed by atoms with Crippen molar-refractivity contribution >= 4 is 17.6 Å². The Hall–Kier alpha value is -2.37. The number of allylic oxidation sites excluding steroid dienone is 1. The van der Waals surface area contributed by atoms with Gasteiger partial charge in [0.05, 0.1) is 12.3 Å². The van der Waals surface area contributed by atoms with Crippen molar-refractivity contribution in [1.29, 1.82) is 0 Å². The summed E-state index contributed by atoms with van der Waals surface area (Å²) in [4.78, 5) is 30.7. The number of esters is 1. The van der Waals surface area contributed by atoms with Gasteiger partial charge in [-0.1, -0.05) is 6.07 Å². The minimum atomic E-state index is -0.497. The number of pyridine rings is 1. The van der Waals surface area contributed by atoms with Crippen molar-refractivity contribution in [2.24, 2.45) is 0 Å². The van der Waals surface area contributed by atoms with Gasteiger partial charge in [0.25, 0.3) is 0 Å². The predicted molar refractivity (Wildman–Crippen MR) is 102 cm³/mol. The molecule has 0 N–H and O–H groups in total. The number of carbonyl (C=O) groups excluding carboxylic acids is 2. The lowest BCUT2D eigenvalue weighted by Gasteiger charge is -2.39. The number of nitrogens with zero attached hydrogens (tertiary/aromatic N) is 2. The van der Waals surface area contributed by atoms with Crippen molar-refractivity contribution < 1.29 is 19.1 Å². The molecule has 1 aliphatic heterocycles. The number of aromatic nitrogens is 1. The maximum absolute atomic E-state index is 12.4. The van der Waals surface area contributed by atoms with E-state index in [2.05, 4.69) is 4.98 Å². The average Bonchev–Trinajstić information content (AvgIpc) is 2.88. The van der Waals surface area contributed by atoms with E-state index in [1.54, 1.807) is 24.1 Å². The monoisotopic (exact) mass is 372 g/mol. The zero-order valence-corrected chi connectivity index (χ0v) is 16.6. The Morgan fingerprint density at radius 1 is 1.30 bits per heavy atom. The smallest absolute Gasteiger partial charge is 0.410 e. The van der Waals surface area contributed by atoms with Crippen molar-refractivity contribution in [3.05, 3.63) is 35.7 Å². The van der Waals surface area contributed by atoms with Gasteiger partial charge in [-0.05, 0) is 58.6 Å². The zero-order chi connectivity index (χ0) is 19.7. The van der Waals surface area contributed by atoms with Crippen LogP contribution < -0.4 is 0 Å². The molecule has 0 unspecified atom stereocenters. The van der Waals surface area contributed by atoms with Gasteiger partial charge in [-0.3, -0.25) is 4.98 Å². The lowest BCUT2D eigenvalue weighted by molar-refractivity contribution is -0.137. The Morgan fingerprint density at radius 3 is 2.63 bits per heavy atom. The minimum absolute atomic E-state index is 0.132. The molecule has 2 heterocycles. The summed E-state index contributed by atoms with van der Waals surface area (Å²) in [6, 6.07) is 3.91. The van der Waals surface area contributed by atoms with E-state index in [1.807, 2.05) is 32.9 Å². The maximum atomic E-state index is 12.4. The Bertz CT molecular complexity index is 756. The number of amides is 1. The Balaban J connectivity index is 1.78. The minimum Gasteiger partial charge on any atom is -0.463 e. The highest BCUT2D eigenvalue weighted by Crippen LogP contribution is 2.50. The summed E-state index contributed by atoms with van der Waals surface area (Å²) in [7, 11) is 0. The van der Waals surface area contributed by atoms with Crippen LogP contribution >= 0.6 is 0 Å². The number of rotatable bonds is 2. The van der Waals surface area contributed by atoms with Crippen molar-refractivity contribution in [3.63, 3.8) is 0 Å². The van der Waals surface area contributed by atoms with Crippen molar-refractivity contribution in [2.75, 3.05) is 19.7 Å². The van der Waals surface area contributed by atoms with Crippen LogP contribution in [0.25, 0.3) is 5.57 Å². The van der Waals surface area contributed by atoms with E-state index >= 15 is 0 Å². The van der Waals surface area contributed by atoms with Gasteiger partial charge in [-0.2, -0.15) is 0 Å². The quantitative estimate of drug-likeness (QED) is 0.585. The van der Waals surface area contributed by atoms with Gasteiger partial charge in [0.2, 0.25) is 0 Å². The standard InChI is InChI=1S/C21H28N2O4/c1-5-26-17(24)13-15-14-21(18-16(15)7-6-10-22-18)8-11-23(12-9-21)19(25)27-20(2,3)4/h6-7,10,13H,5,8-9,11-12,14H2,1-4H3. The molecule has 27 heavy (non-hydrogen) atoms. The van der Waals surface area contributed by atoms with E-state index in [0.717, 1.165) is 36.1 Å². The zero-order valence-electron chi connectivity index (χ0n) is 16.6. The first-order valence-corrected chi connectivity index (χ1v) is 9.55. The van der Waals surface area contributed by atoms with Gasteiger partial charge in [0, 0.05) is 36.3 Å². The second-order valence-corrected chi connectivity index (χ2v) is 8.25. The highest BCUT2D eigenvalue weighted by molar-refractivity contribution is 5.93. The first-order chi connectivity index (χ1) is 12.7. The number of fused-ring (bicyclic) bond motifs is 2. The van der Waals surface area contributed by atoms with E-state index in [1.165, 1.54) is 0 Å². The molecule has 0 radical (unpaired) electrons. The largest absolute Gasteiger partial charge is 0.463 e. The summed E-state index contributed by atoms with van der Waals surface area (Å²) in [5, 5.41) is 0. The lowest BCUT2D eigenvalue weighted by atomic mass is 9.76. The molecular formula is C21H28N2O4. The summed E-state index contributed by atoms with van der Waals surface area (Å²) in [5.74, 6) is -0.314. The van der Waals surface area contributed by atoms with E-state index < -0.39 is 5.60 Å². The summed E-state index contributed by atoms with van der Waals surface area (Å²) in [5.41, 5.74) is 2.40. The van der Waals surface area contributed by atoms with Crippen LogP contribution in [0.2, 0.25) is 0 Å². The molecule has 146 valence electrons. The number of hydrogen-bond acceptors (Lipinski definition) is 5.